The Hall–Kier alpha value is -2.70. The summed E-state index contributed by atoms with van der Waals surface area (Å²) in [5, 5.41) is 14.7. The Bertz CT molecular complexity index is 786. The molecule has 0 bridgehead atoms. The second-order valence-electron chi connectivity index (χ2n) is 8.57. The lowest BCUT2D eigenvalue weighted by Gasteiger charge is -2.09. The lowest BCUT2D eigenvalue weighted by atomic mass is 10.0. The zero-order valence-corrected chi connectivity index (χ0v) is 20.1. The average Bonchev–Trinajstić information content (AvgIpc) is 2.82. The first-order chi connectivity index (χ1) is 16.2. The zero-order valence-electron chi connectivity index (χ0n) is 20.1. The third-order valence-electron chi connectivity index (χ3n) is 5.75. The molecule has 1 aromatic carbocycles. The molecule has 7 nitrogen and oxygen atoms in total. The predicted molar refractivity (Wildman–Crippen MR) is 134 cm³/mol. The standard InChI is InChI=1S/C26H40N4O3/c1-2-3-4-5-6-7-8-9-10-11-12-13-14-18-21-27-25-24(30(31)32)26(29-22-28-25)33-23-19-16-15-17-20-23/h15-17,19-20,22H,2-14,18,21H2,1H3,(H,27,28,29). The molecule has 0 amide bonds. The summed E-state index contributed by atoms with van der Waals surface area (Å²) in [5.74, 6) is 0.650. The van der Waals surface area contributed by atoms with E-state index in [0.29, 0.717) is 12.3 Å². The maximum Gasteiger partial charge on any atom is 0.373 e. The molecule has 0 atom stereocenters. The molecule has 0 saturated carbocycles. The highest BCUT2D eigenvalue weighted by Crippen LogP contribution is 2.33. The Labute approximate surface area is 198 Å². The van der Waals surface area contributed by atoms with Crippen molar-refractivity contribution in [3.05, 3.63) is 46.8 Å². The largest absolute Gasteiger partial charge is 0.434 e. The van der Waals surface area contributed by atoms with Crippen molar-refractivity contribution in [2.75, 3.05) is 11.9 Å². The van der Waals surface area contributed by atoms with Gasteiger partial charge in [-0.25, -0.2) is 4.98 Å². The van der Waals surface area contributed by atoms with Crippen molar-refractivity contribution in [2.24, 2.45) is 0 Å². The fourth-order valence-electron chi connectivity index (χ4n) is 3.86. The van der Waals surface area contributed by atoms with E-state index in [0.717, 1.165) is 12.8 Å². The number of rotatable bonds is 19. The highest BCUT2D eigenvalue weighted by atomic mass is 16.6. The summed E-state index contributed by atoms with van der Waals surface area (Å²) in [5.41, 5.74) is -0.230. The fourth-order valence-corrected chi connectivity index (χ4v) is 3.86. The van der Waals surface area contributed by atoms with E-state index >= 15 is 0 Å². The summed E-state index contributed by atoms with van der Waals surface area (Å²) in [6.45, 7) is 2.90. The summed E-state index contributed by atoms with van der Waals surface area (Å²) in [4.78, 5) is 19.1. The van der Waals surface area contributed by atoms with Crippen LogP contribution < -0.4 is 10.1 Å². The molecule has 33 heavy (non-hydrogen) atoms. The minimum atomic E-state index is -0.494. The van der Waals surface area contributed by atoms with Gasteiger partial charge in [-0.05, 0) is 18.6 Å². The van der Waals surface area contributed by atoms with E-state index in [9.17, 15) is 10.1 Å². The number of ether oxygens (including phenoxy) is 1. The van der Waals surface area contributed by atoms with Crippen LogP contribution in [0.4, 0.5) is 11.5 Å². The molecule has 2 rings (SSSR count). The zero-order chi connectivity index (χ0) is 23.6. The highest BCUT2D eigenvalue weighted by molar-refractivity contribution is 5.61. The molecule has 1 N–H and O–H groups in total. The van der Waals surface area contributed by atoms with Crippen LogP contribution >= 0.6 is 0 Å². The van der Waals surface area contributed by atoms with Crippen molar-refractivity contribution >= 4 is 11.5 Å². The van der Waals surface area contributed by atoms with Gasteiger partial charge in [0.1, 0.15) is 12.1 Å². The molecule has 1 heterocycles. The molecule has 0 radical (unpaired) electrons. The van der Waals surface area contributed by atoms with E-state index in [-0.39, 0.29) is 17.4 Å². The molecule has 0 spiro atoms. The topological polar surface area (TPSA) is 90.2 Å². The summed E-state index contributed by atoms with van der Waals surface area (Å²) >= 11 is 0. The maximum absolute atomic E-state index is 11.6. The van der Waals surface area contributed by atoms with Gasteiger partial charge in [-0.2, -0.15) is 4.98 Å². The third kappa shape index (κ3) is 11.1. The molecule has 0 unspecified atom stereocenters. The Morgan fingerprint density at radius 3 is 1.91 bits per heavy atom. The SMILES string of the molecule is CCCCCCCCCCCCCCCCNc1ncnc(Oc2ccccc2)c1[N+](=O)[O-]. The Kier molecular flexibility index (Phi) is 13.6. The van der Waals surface area contributed by atoms with Gasteiger partial charge >= 0.3 is 11.6 Å². The number of aromatic nitrogens is 2. The second-order valence-corrected chi connectivity index (χ2v) is 8.57. The van der Waals surface area contributed by atoms with Crippen LogP contribution in [-0.2, 0) is 0 Å². The number of anilines is 1. The molecular weight excluding hydrogens is 416 g/mol. The summed E-state index contributed by atoms with van der Waals surface area (Å²) in [6.07, 6.45) is 19.5. The van der Waals surface area contributed by atoms with E-state index < -0.39 is 4.92 Å². The smallest absolute Gasteiger partial charge is 0.373 e. The average molecular weight is 457 g/mol. The molecule has 0 aliphatic heterocycles. The van der Waals surface area contributed by atoms with E-state index in [2.05, 4.69) is 22.2 Å². The second kappa shape index (κ2) is 16.9. The van der Waals surface area contributed by atoms with E-state index in [1.807, 2.05) is 6.07 Å². The van der Waals surface area contributed by atoms with Gasteiger partial charge < -0.3 is 10.1 Å². The lowest BCUT2D eigenvalue weighted by Crippen LogP contribution is -2.08. The quantitative estimate of drug-likeness (QED) is 0.130. The minimum Gasteiger partial charge on any atom is -0.434 e. The van der Waals surface area contributed by atoms with Crippen LogP contribution in [0.5, 0.6) is 11.6 Å². The van der Waals surface area contributed by atoms with Crippen LogP contribution in [0.1, 0.15) is 96.8 Å². The number of hydrogen-bond donors (Lipinski definition) is 1. The van der Waals surface area contributed by atoms with E-state index in [1.165, 1.54) is 83.4 Å². The van der Waals surface area contributed by atoms with Gasteiger partial charge in [0, 0.05) is 6.54 Å². The Balaban J connectivity index is 1.58. The number of hydrogen-bond acceptors (Lipinski definition) is 6. The van der Waals surface area contributed by atoms with Crippen LogP contribution in [0.2, 0.25) is 0 Å². The van der Waals surface area contributed by atoms with Gasteiger partial charge in [-0.3, -0.25) is 10.1 Å². The van der Waals surface area contributed by atoms with Crippen molar-refractivity contribution in [2.45, 2.75) is 96.8 Å². The maximum atomic E-state index is 11.6. The molecule has 0 aliphatic rings. The normalized spacial score (nSPS) is 10.8. The third-order valence-corrected chi connectivity index (χ3v) is 5.75. The monoisotopic (exact) mass is 456 g/mol. The summed E-state index contributed by atoms with van der Waals surface area (Å²) < 4.78 is 5.61. The van der Waals surface area contributed by atoms with Crippen molar-refractivity contribution in [3.63, 3.8) is 0 Å². The van der Waals surface area contributed by atoms with Gasteiger partial charge in [0.15, 0.2) is 0 Å². The van der Waals surface area contributed by atoms with Crippen molar-refractivity contribution in [1.29, 1.82) is 0 Å². The van der Waals surface area contributed by atoms with Crippen LogP contribution in [0, 0.1) is 10.1 Å². The first-order valence-corrected chi connectivity index (χ1v) is 12.7. The van der Waals surface area contributed by atoms with Crippen LogP contribution in [-0.4, -0.2) is 21.4 Å². The number of nitrogens with one attached hydrogen (secondary N) is 1. The van der Waals surface area contributed by atoms with Crippen molar-refractivity contribution in [1.82, 2.24) is 9.97 Å². The van der Waals surface area contributed by atoms with Crippen LogP contribution in [0.25, 0.3) is 0 Å². The lowest BCUT2D eigenvalue weighted by molar-refractivity contribution is -0.385. The van der Waals surface area contributed by atoms with E-state index in [1.54, 1.807) is 24.3 Å². The molecule has 0 aliphatic carbocycles. The molecular formula is C26H40N4O3. The van der Waals surface area contributed by atoms with Gasteiger partial charge in [-0.15, -0.1) is 0 Å². The summed E-state index contributed by atoms with van der Waals surface area (Å²) in [7, 11) is 0. The molecule has 0 fully saturated rings. The molecule has 0 saturated heterocycles. The van der Waals surface area contributed by atoms with Gasteiger partial charge in [0.25, 0.3) is 0 Å². The molecule has 2 aromatic rings. The molecule has 7 heteroatoms. The number of para-hydroxylation sites is 1. The van der Waals surface area contributed by atoms with Crippen LogP contribution in [0.3, 0.4) is 0 Å². The molecule has 1 aromatic heterocycles. The van der Waals surface area contributed by atoms with Gasteiger partial charge in [0.2, 0.25) is 5.82 Å². The number of nitro groups is 1. The Morgan fingerprint density at radius 1 is 0.818 bits per heavy atom. The van der Waals surface area contributed by atoms with Gasteiger partial charge in [-0.1, -0.05) is 109 Å². The first-order valence-electron chi connectivity index (χ1n) is 12.7. The number of unbranched alkanes of at least 4 members (excludes halogenated alkanes) is 13. The number of benzene rings is 1. The minimum absolute atomic E-state index is 0.0512. The van der Waals surface area contributed by atoms with Gasteiger partial charge in [0.05, 0.1) is 4.92 Å². The number of nitrogens with zero attached hydrogens (tertiary/aromatic N) is 3. The Morgan fingerprint density at radius 2 is 1.36 bits per heavy atom. The first kappa shape index (κ1) is 26.6. The molecule has 182 valence electrons. The highest BCUT2D eigenvalue weighted by Gasteiger charge is 2.24. The van der Waals surface area contributed by atoms with E-state index in [4.69, 9.17) is 4.74 Å². The van der Waals surface area contributed by atoms with Crippen LogP contribution in [0.15, 0.2) is 36.7 Å². The van der Waals surface area contributed by atoms with Crippen molar-refractivity contribution < 1.29 is 9.66 Å². The fraction of sp³-hybridized carbons (Fsp3) is 0.615. The summed E-state index contributed by atoms with van der Waals surface area (Å²) in [6, 6.07) is 8.92. The van der Waals surface area contributed by atoms with Crippen molar-refractivity contribution in [3.8, 4) is 11.6 Å². The predicted octanol–water partition coefficient (Wildman–Crippen LogP) is 8.07.